The molecule has 1 fully saturated rings. The Morgan fingerprint density at radius 1 is 0.932 bits per heavy atom. The normalized spacial score (nSPS) is 16.6. The van der Waals surface area contributed by atoms with Gasteiger partial charge in [-0.3, -0.25) is 19.2 Å². The van der Waals surface area contributed by atoms with Gasteiger partial charge in [-0.15, -0.1) is 11.3 Å². The first kappa shape index (κ1) is 46.8. The number of aryl methyl sites for hydroxylation is 3. The summed E-state index contributed by atoms with van der Waals surface area (Å²) < 4.78 is 11.1. The predicted octanol–water partition coefficient (Wildman–Crippen LogP) is 4.97. The van der Waals surface area contributed by atoms with Crippen molar-refractivity contribution in [2.75, 3.05) is 19.8 Å². The van der Waals surface area contributed by atoms with Crippen LogP contribution in [0.15, 0.2) is 54.0 Å². The summed E-state index contributed by atoms with van der Waals surface area (Å²) in [6.07, 6.45) is 1.25. The number of alkyl carbamates (subject to hydrolysis) is 1. The Labute approximate surface area is 352 Å². The maximum atomic E-state index is 14.0. The lowest BCUT2D eigenvalue weighted by Gasteiger charge is -2.35. The van der Waals surface area contributed by atoms with E-state index < -0.39 is 53.2 Å². The molecule has 0 unspecified atom stereocenters. The highest BCUT2D eigenvalue weighted by atomic mass is 32.1. The number of aliphatic hydroxyl groups is 1. The average Bonchev–Trinajstić information content (AvgIpc) is 3.78. The SMILES string of the molecule is Cc1ncsc1-c1ccc(CNC(=O)[C@@H]2C[C@@H](O)CN2C(=O)[C@@H](NC(=O)CCc2ccc(CCCOC[C@H](CCC(N)=O)NC(=O)OC(C)(C)C)cc2)C(C)(C)C)cc1. The smallest absolute Gasteiger partial charge is 0.407 e. The number of aliphatic hydroxyl groups excluding tert-OH is 1. The van der Waals surface area contributed by atoms with Crippen LogP contribution < -0.4 is 21.7 Å². The largest absolute Gasteiger partial charge is 0.444 e. The first-order valence-corrected chi connectivity index (χ1v) is 21.2. The van der Waals surface area contributed by atoms with Crippen LogP contribution in [0.25, 0.3) is 10.4 Å². The van der Waals surface area contributed by atoms with Crippen LogP contribution in [-0.2, 0) is 48.0 Å². The minimum Gasteiger partial charge on any atom is -0.444 e. The molecule has 15 heteroatoms. The van der Waals surface area contributed by atoms with Crippen molar-refractivity contribution < 1.29 is 38.6 Å². The first-order chi connectivity index (χ1) is 27.8. The van der Waals surface area contributed by atoms with Crippen molar-refractivity contribution in [2.45, 2.75) is 130 Å². The van der Waals surface area contributed by atoms with Crippen molar-refractivity contribution in [3.63, 3.8) is 0 Å². The van der Waals surface area contributed by atoms with Crippen molar-refractivity contribution >= 4 is 41.1 Å². The van der Waals surface area contributed by atoms with E-state index in [9.17, 15) is 29.1 Å². The Balaban J connectivity index is 1.23. The minimum atomic E-state index is -0.908. The van der Waals surface area contributed by atoms with E-state index in [0.717, 1.165) is 45.7 Å². The molecule has 0 saturated carbocycles. The minimum absolute atomic E-state index is 0.00350. The molecule has 4 rings (SSSR count). The molecule has 1 saturated heterocycles. The second-order valence-electron chi connectivity index (χ2n) is 17.3. The Hall–Kier alpha value is -4.86. The number of thiazole rings is 1. The van der Waals surface area contributed by atoms with Gasteiger partial charge in [-0.25, -0.2) is 9.78 Å². The Morgan fingerprint density at radius 2 is 1.58 bits per heavy atom. The molecule has 0 aliphatic carbocycles. The molecule has 0 radical (unpaired) electrons. The number of ether oxygens (including phenoxy) is 2. The molecule has 1 aliphatic rings. The van der Waals surface area contributed by atoms with Gasteiger partial charge >= 0.3 is 6.09 Å². The highest BCUT2D eigenvalue weighted by Gasteiger charge is 2.44. The van der Waals surface area contributed by atoms with Gasteiger partial charge in [-0.05, 0) is 81.0 Å². The number of nitrogens with zero attached hydrogens (tertiary/aromatic N) is 2. The van der Waals surface area contributed by atoms with Gasteiger partial charge < -0.3 is 41.2 Å². The quantitative estimate of drug-likeness (QED) is 0.103. The van der Waals surface area contributed by atoms with Gasteiger partial charge in [0.1, 0.15) is 17.7 Å². The second-order valence-corrected chi connectivity index (χ2v) is 18.1. The summed E-state index contributed by atoms with van der Waals surface area (Å²) in [5.74, 6) is -1.50. The van der Waals surface area contributed by atoms with Crippen molar-refractivity contribution in [3.05, 3.63) is 76.4 Å². The summed E-state index contributed by atoms with van der Waals surface area (Å²) in [4.78, 5) is 71.1. The number of nitrogens with two attached hydrogens (primary N) is 1. The molecule has 1 aliphatic heterocycles. The molecule has 14 nitrogen and oxygen atoms in total. The maximum absolute atomic E-state index is 14.0. The first-order valence-electron chi connectivity index (χ1n) is 20.3. The van der Waals surface area contributed by atoms with E-state index in [-0.39, 0.29) is 50.8 Å². The van der Waals surface area contributed by atoms with E-state index in [0.29, 0.717) is 19.4 Å². The standard InChI is InChI=1S/C44H62N6O8S/c1-28-38(59-27-47-28)32-17-14-31(15-18-32)24-46-40(54)35-23-34(51)25-50(35)41(55)39(43(2,3)4)49-37(53)21-16-30-12-10-29(11-13-30)9-8-22-57-26-33(19-20-36(45)52)48-42(56)58-44(5,6)7/h10-15,17-18,27,33-35,39,51H,8-9,16,19-26H2,1-7H3,(H2,45,52)(H,46,54)(H,48,56)(H,49,53)/t33-,34+,35-,39+/m0/s1. The van der Waals surface area contributed by atoms with Crippen molar-refractivity contribution in [3.8, 4) is 10.4 Å². The Kier molecular flexibility index (Phi) is 17.0. The molecule has 4 atom stereocenters. The van der Waals surface area contributed by atoms with Gasteiger partial charge in [0.25, 0.3) is 0 Å². The third-order valence-electron chi connectivity index (χ3n) is 9.91. The number of likely N-dealkylation sites (tertiary alicyclic amines) is 1. The third kappa shape index (κ3) is 15.4. The van der Waals surface area contributed by atoms with Crippen molar-refractivity contribution in [1.82, 2.24) is 25.8 Å². The van der Waals surface area contributed by atoms with Crippen molar-refractivity contribution in [1.29, 1.82) is 0 Å². The van der Waals surface area contributed by atoms with Gasteiger partial charge in [0.15, 0.2) is 0 Å². The molecule has 3 aromatic rings. The molecule has 1 aromatic heterocycles. The summed E-state index contributed by atoms with van der Waals surface area (Å²) in [6, 6.07) is 13.7. The number of aromatic nitrogens is 1. The Bertz CT molecular complexity index is 1870. The van der Waals surface area contributed by atoms with Crippen molar-refractivity contribution in [2.24, 2.45) is 11.1 Å². The summed E-state index contributed by atoms with van der Waals surface area (Å²) in [5.41, 5.74) is 10.8. The monoisotopic (exact) mass is 834 g/mol. The number of carbonyl (C=O) groups excluding carboxylic acids is 5. The van der Waals surface area contributed by atoms with Gasteiger partial charge in [0.2, 0.25) is 23.6 Å². The van der Waals surface area contributed by atoms with E-state index in [1.54, 1.807) is 32.1 Å². The molecule has 0 spiro atoms. The fourth-order valence-electron chi connectivity index (χ4n) is 6.74. The van der Waals surface area contributed by atoms with Crippen LogP contribution in [0.5, 0.6) is 0 Å². The second kappa shape index (κ2) is 21.4. The van der Waals surface area contributed by atoms with Gasteiger partial charge in [0, 0.05) is 39.0 Å². The number of rotatable bonds is 19. The summed E-state index contributed by atoms with van der Waals surface area (Å²) >= 11 is 1.57. The zero-order valence-corrected chi connectivity index (χ0v) is 36.3. The molecule has 0 bridgehead atoms. The van der Waals surface area contributed by atoms with Crippen LogP contribution in [0, 0.1) is 12.3 Å². The average molecular weight is 835 g/mol. The highest BCUT2D eigenvalue weighted by Crippen LogP contribution is 2.28. The van der Waals surface area contributed by atoms with Gasteiger partial charge in [-0.1, -0.05) is 69.3 Å². The summed E-state index contributed by atoms with van der Waals surface area (Å²) in [5, 5.41) is 19.2. The summed E-state index contributed by atoms with van der Waals surface area (Å²) in [7, 11) is 0. The molecule has 2 heterocycles. The number of hydrogen-bond acceptors (Lipinski definition) is 10. The van der Waals surface area contributed by atoms with E-state index in [1.807, 2.05) is 81.7 Å². The lowest BCUT2D eigenvalue weighted by Crippen LogP contribution is -2.57. The molecule has 6 N–H and O–H groups in total. The van der Waals surface area contributed by atoms with Crippen LogP contribution >= 0.6 is 11.3 Å². The lowest BCUT2D eigenvalue weighted by atomic mass is 9.85. The van der Waals surface area contributed by atoms with E-state index in [2.05, 4.69) is 20.9 Å². The zero-order chi connectivity index (χ0) is 43.3. The Morgan fingerprint density at radius 3 is 2.17 bits per heavy atom. The van der Waals surface area contributed by atoms with E-state index in [4.69, 9.17) is 15.2 Å². The fourth-order valence-corrected chi connectivity index (χ4v) is 7.55. The molecule has 5 amide bonds. The van der Waals surface area contributed by atoms with Crippen LogP contribution in [0.1, 0.15) is 96.0 Å². The molecule has 322 valence electrons. The number of hydrogen-bond donors (Lipinski definition) is 5. The zero-order valence-electron chi connectivity index (χ0n) is 35.5. The predicted molar refractivity (Wildman–Crippen MR) is 227 cm³/mol. The third-order valence-corrected chi connectivity index (χ3v) is 10.9. The number of amides is 5. The molecular formula is C44H62N6O8S. The van der Waals surface area contributed by atoms with E-state index in [1.165, 1.54) is 4.90 Å². The lowest BCUT2D eigenvalue weighted by molar-refractivity contribution is -0.144. The number of benzene rings is 2. The van der Waals surface area contributed by atoms with Crippen LogP contribution in [0.4, 0.5) is 4.79 Å². The van der Waals surface area contributed by atoms with Crippen LogP contribution in [-0.4, -0.2) is 94.3 Å². The number of primary amides is 1. The fraction of sp³-hybridized carbons (Fsp3) is 0.545. The highest BCUT2D eigenvalue weighted by molar-refractivity contribution is 7.13. The number of nitrogens with one attached hydrogen (secondary N) is 3. The van der Waals surface area contributed by atoms with Crippen LogP contribution in [0.2, 0.25) is 0 Å². The topological polar surface area (TPSA) is 202 Å². The molecule has 59 heavy (non-hydrogen) atoms. The molecule has 2 aromatic carbocycles. The van der Waals surface area contributed by atoms with Gasteiger partial charge in [-0.2, -0.15) is 0 Å². The summed E-state index contributed by atoms with van der Waals surface area (Å²) in [6.45, 7) is 13.8. The molecular weight excluding hydrogens is 773 g/mol. The number of β-amino-alcohol motifs (C(OH)–C–C–N with tert-alkyl or cyclic N) is 1. The van der Waals surface area contributed by atoms with Gasteiger partial charge in [0.05, 0.1) is 34.8 Å². The maximum Gasteiger partial charge on any atom is 0.407 e. The van der Waals surface area contributed by atoms with Crippen LogP contribution in [0.3, 0.4) is 0 Å². The van der Waals surface area contributed by atoms with E-state index >= 15 is 0 Å². The number of carbonyl (C=O) groups is 5.